The largest absolute Gasteiger partial charge is 0.313 e. The molecule has 0 aliphatic carbocycles. The molecule has 0 fully saturated rings. The van der Waals surface area contributed by atoms with E-state index in [1.54, 1.807) is 0 Å². The summed E-state index contributed by atoms with van der Waals surface area (Å²) in [4.78, 5) is 14.5. The molecule has 2 atom stereocenters. The molecule has 3 heteroatoms. The van der Waals surface area contributed by atoms with Crippen LogP contribution in [-0.4, -0.2) is 19.5 Å². The Hall–Kier alpha value is -1.35. The highest BCUT2D eigenvalue weighted by molar-refractivity contribution is 5.95. The van der Waals surface area contributed by atoms with Gasteiger partial charge in [-0.1, -0.05) is 32.0 Å². The van der Waals surface area contributed by atoms with Crippen LogP contribution in [0.15, 0.2) is 24.3 Å². The van der Waals surface area contributed by atoms with Gasteiger partial charge in [-0.05, 0) is 37.9 Å². The second-order valence-electron chi connectivity index (χ2n) is 5.34. The molecule has 1 aliphatic rings. The lowest BCUT2D eigenvalue weighted by Gasteiger charge is -2.26. The molecule has 1 aromatic rings. The average Bonchev–Trinajstić information content (AvgIpc) is 2.64. The van der Waals surface area contributed by atoms with E-state index in [2.05, 4.69) is 30.4 Å². The van der Waals surface area contributed by atoms with Gasteiger partial charge in [0.2, 0.25) is 5.91 Å². The molecule has 104 valence electrons. The van der Waals surface area contributed by atoms with Crippen molar-refractivity contribution in [3.8, 4) is 0 Å². The van der Waals surface area contributed by atoms with E-state index in [1.807, 2.05) is 24.9 Å². The molecule has 19 heavy (non-hydrogen) atoms. The normalized spacial score (nSPS) is 20.6. The Labute approximate surface area is 116 Å². The van der Waals surface area contributed by atoms with E-state index in [9.17, 15) is 4.79 Å². The van der Waals surface area contributed by atoms with Crippen molar-refractivity contribution < 1.29 is 4.79 Å². The van der Waals surface area contributed by atoms with E-state index in [0.29, 0.717) is 6.04 Å². The summed E-state index contributed by atoms with van der Waals surface area (Å²) in [5.41, 5.74) is 2.34. The van der Waals surface area contributed by atoms with Crippen LogP contribution in [0.25, 0.3) is 0 Å². The zero-order valence-corrected chi connectivity index (χ0v) is 12.1. The minimum absolute atomic E-state index is 0.0965. The van der Waals surface area contributed by atoms with Crippen LogP contribution >= 0.6 is 0 Å². The molecule has 2 rings (SSSR count). The number of carbonyl (C=O) groups excluding carboxylic acids is 1. The van der Waals surface area contributed by atoms with Gasteiger partial charge in [0.15, 0.2) is 0 Å². The zero-order valence-electron chi connectivity index (χ0n) is 12.1. The predicted molar refractivity (Wildman–Crippen MR) is 79.3 cm³/mol. The molecule has 1 amide bonds. The first-order chi connectivity index (χ1) is 9.19. The second kappa shape index (κ2) is 6.20. The van der Waals surface area contributed by atoms with Gasteiger partial charge >= 0.3 is 0 Å². The number of nitrogens with one attached hydrogen (secondary N) is 1. The van der Waals surface area contributed by atoms with E-state index in [1.165, 1.54) is 5.56 Å². The third kappa shape index (κ3) is 2.81. The molecule has 1 aliphatic heterocycles. The molecule has 0 aromatic heterocycles. The number of hydrogen-bond acceptors (Lipinski definition) is 2. The molecular formula is C16H24N2O. The fourth-order valence-electron chi connectivity index (χ4n) is 2.73. The fraction of sp³-hybridized carbons (Fsp3) is 0.562. The molecule has 0 spiro atoms. The number of benzene rings is 1. The SMILES string of the molecule is CCC(C)C(=O)N1CCCC(NC)c2ccccc21. The molecular weight excluding hydrogens is 236 g/mol. The Kier molecular flexibility index (Phi) is 4.59. The topological polar surface area (TPSA) is 32.3 Å². The molecule has 1 heterocycles. The summed E-state index contributed by atoms with van der Waals surface area (Å²) in [7, 11) is 1.99. The fourth-order valence-corrected chi connectivity index (χ4v) is 2.73. The molecule has 2 unspecified atom stereocenters. The van der Waals surface area contributed by atoms with Crippen molar-refractivity contribution in [1.82, 2.24) is 5.32 Å². The highest BCUT2D eigenvalue weighted by Gasteiger charge is 2.27. The van der Waals surface area contributed by atoms with Gasteiger partial charge < -0.3 is 10.2 Å². The Morgan fingerprint density at radius 1 is 1.47 bits per heavy atom. The van der Waals surface area contributed by atoms with Crippen LogP contribution in [0.4, 0.5) is 5.69 Å². The first kappa shape index (κ1) is 14.1. The summed E-state index contributed by atoms with van der Waals surface area (Å²) < 4.78 is 0. The van der Waals surface area contributed by atoms with Crippen LogP contribution in [0.5, 0.6) is 0 Å². The summed E-state index contributed by atoms with van der Waals surface area (Å²) in [5, 5.41) is 3.36. The number of para-hydroxylation sites is 1. The van der Waals surface area contributed by atoms with Gasteiger partial charge in [0.1, 0.15) is 0 Å². The van der Waals surface area contributed by atoms with Crippen molar-refractivity contribution in [3.63, 3.8) is 0 Å². The number of anilines is 1. The van der Waals surface area contributed by atoms with Gasteiger partial charge in [0, 0.05) is 24.2 Å². The summed E-state index contributed by atoms with van der Waals surface area (Å²) in [6.07, 6.45) is 3.02. The first-order valence-electron chi connectivity index (χ1n) is 7.26. The van der Waals surface area contributed by atoms with Crippen molar-refractivity contribution in [2.45, 2.75) is 39.2 Å². The van der Waals surface area contributed by atoms with Gasteiger partial charge in [0.25, 0.3) is 0 Å². The maximum absolute atomic E-state index is 12.5. The number of fused-ring (bicyclic) bond motifs is 1. The van der Waals surface area contributed by atoms with E-state index in [-0.39, 0.29) is 11.8 Å². The standard InChI is InChI=1S/C16H24N2O/c1-4-12(2)16(19)18-11-7-9-14(17-3)13-8-5-6-10-15(13)18/h5-6,8,10,12,14,17H,4,7,9,11H2,1-3H3. The number of nitrogens with zero attached hydrogens (tertiary/aromatic N) is 1. The van der Waals surface area contributed by atoms with Crippen molar-refractivity contribution >= 4 is 11.6 Å². The first-order valence-corrected chi connectivity index (χ1v) is 7.26. The van der Waals surface area contributed by atoms with E-state index < -0.39 is 0 Å². The Balaban J connectivity index is 2.38. The number of carbonyl (C=O) groups is 1. The highest BCUT2D eigenvalue weighted by atomic mass is 16.2. The monoisotopic (exact) mass is 260 g/mol. The predicted octanol–water partition coefficient (Wildman–Crippen LogP) is 3.12. The molecule has 3 nitrogen and oxygen atoms in total. The lowest BCUT2D eigenvalue weighted by Crippen LogP contribution is -2.35. The minimum atomic E-state index is 0.0965. The Bertz CT molecular complexity index is 444. The molecule has 0 bridgehead atoms. The van der Waals surface area contributed by atoms with E-state index in [0.717, 1.165) is 31.5 Å². The molecule has 1 N–H and O–H groups in total. The van der Waals surface area contributed by atoms with Crippen LogP contribution in [0, 0.1) is 5.92 Å². The smallest absolute Gasteiger partial charge is 0.229 e. The number of rotatable bonds is 3. The van der Waals surface area contributed by atoms with Crippen LogP contribution in [0.2, 0.25) is 0 Å². The van der Waals surface area contributed by atoms with Crippen LogP contribution < -0.4 is 10.2 Å². The second-order valence-corrected chi connectivity index (χ2v) is 5.34. The van der Waals surface area contributed by atoms with Gasteiger partial charge in [0.05, 0.1) is 0 Å². The molecule has 0 saturated heterocycles. The van der Waals surface area contributed by atoms with E-state index >= 15 is 0 Å². The molecule has 1 aromatic carbocycles. The number of amides is 1. The average molecular weight is 260 g/mol. The maximum Gasteiger partial charge on any atom is 0.229 e. The molecule has 0 radical (unpaired) electrons. The summed E-state index contributed by atoms with van der Waals surface area (Å²) in [6, 6.07) is 8.64. The van der Waals surface area contributed by atoms with Gasteiger partial charge in [-0.15, -0.1) is 0 Å². The summed E-state index contributed by atoms with van der Waals surface area (Å²) >= 11 is 0. The van der Waals surface area contributed by atoms with Gasteiger partial charge in [-0.25, -0.2) is 0 Å². The third-order valence-corrected chi connectivity index (χ3v) is 4.13. The van der Waals surface area contributed by atoms with Crippen molar-refractivity contribution in [3.05, 3.63) is 29.8 Å². The van der Waals surface area contributed by atoms with Crippen molar-refractivity contribution in [1.29, 1.82) is 0 Å². The lowest BCUT2D eigenvalue weighted by molar-refractivity contribution is -0.122. The lowest BCUT2D eigenvalue weighted by atomic mass is 10.0. The third-order valence-electron chi connectivity index (χ3n) is 4.13. The van der Waals surface area contributed by atoms with Crippen LogP contribution in [0.1, 0.15) is 44.7 Å². The van der Waals surface area contributed by atoms with Crippen molar-refractivity contribution in [2.75, 3.05) is 18.5 Å². The van der Waals surface area contributed by atoms with Crippen LogP contribution in [0.3, 0.4) is 0 Å². The Morgan fingerprint density at radius 3 is 2.89 bits per heavy atom. The molecule has 0 saturated carbocycles. The summed E-state index contributed by atoms with van der Waals surface area (Å²) in [5.74, 6) is 0.353. The van der Waals surface area contributed by atoms with Gasteiger partial charge in [-0.3, -0.25) is 4.79 Å². The highest BCUT2D eigenvalue weighted by Crippen LogP contribution is 2.33. The summed E-state index contributed by atoms with van der Waals surface area (Å²) in [6.45, 7) is 4.92. The number of hydrogen-bond donors (Lipinski definition) is 1. The van der Waals surface area contributed by atoms with E-state index in [4.69, 9.17) is 0 Å². The quantitative estimate of drug-likeness (QED) is 0.905. The minimum Gasteiger partial charge on any atom is -0.313 e. The van der Waals surface area contributed by atoms with Crippen LogP contribution in [-0.2, 0) is 4.79 Å². The zero-order chi connectivity index (χ0) is 13.8. The Morgan fingerprint density at radius 2 is 2.21 bits per heavy atom. The van der Waals surface area contributed by atoms with Crippen molar-refractivity contribution in [2.24, 2.45) is 5.92 Å². The van der Waals surface area contributed by atoms with Gasteiger partial charge in [-0.2, -0.15) is 0 Å². The maximum atomic E-state index is 12.5.